The molecule has 0 aromatic rings. The van der Waals surface area contributed by atoms with Gasteiger partial charge in [0.05, 0.1) is 0 Å². The van der Waals surface area contributed by atoms with Crippen LogP contribution in [-0.4, -0.2) is 48.9 Å². The third-order valence-corrected chi connectivity index (χ3v) is 0. The van der Waals surface area contributed by atoms with Gasteiger partial charge in [-0.1, -0.05) is 0 Å². The predicted octanol–water partition coefficient (Wildman–Crippen LogP) is -15.4. The number of hydrogen-bond acceptors (Lipinski definition) is 0. The molecule has 0 spiro atoms. The maximum atomic E-state index is 0. The van der Waals surface area contributed by atoms with Crippen LogP contribution < -0.4 is 23.5 Å². The Balaban J connectivity index is 0. The summed E-state index contributed by atoms with van der Waals surface area (Å²) in [4.78, 5) is 0. The molecule has 0 fully saturated rings. The van der Waals surface area contributed by atoms with Crippen LogP contribution in [0.4, 0.5) is 0 Å². The first-order valence-electron chi connectivity index (χ1n) is 0. The average molecular weight is 407 g/mol. The van der Waals surface area contributed by atoms with Crippen molar-refractivity contribution >= 4 is 48.9 Å². The summed E-state index contributed by atoms with van der Waals surface area (Å²) in [5.41, 5.74) is 0. The minimum absolute atomic E-state index is 0. The molecule has 0 aromatic heterocycles. The van der Waals surface area contributed by atoms with Crippen molar-refractivity contribution in [1.82, 2.24) is 0 Å². The molecule has 7 heavy (non-hydrogen) atoms. The summed E-state index contributed by atoms with van der Waals surface area (Å²) in [6.07, 6.45) is 0. The maximum absolute atomic E-state index is 0. The molecule has 0 saturated heterocycles. The van der Waals surface area contributed by atoms with Crippen LogP contribution in [0, 0.1) is 36.9 Å². The van der Waals surface area contributed by atoms with Gasteiger partial charge in [-0.25, -0.2) is 0 Å². The first-order chi connectivity index (χ1) is 0. The van der Waals surface area contributed by atoms with Crippen LogP contribution in [0.3, 0.4) is 0 Å². The zero-order valence-electron chi connectivity index (χ0n) is 2.86. The Morgan fingerprint density at radius 1 is 0.429 bits per heavy atom. The molecular weight excluding hydrogens is 407 g/mol. The third kappa shape index (κ3) is 58.4. The number of hydrogen-bond donors (Lipinski definition) is 0. The van der Waals surface area contributed by atoms with Crippen molar-refractivity contribution in [3.05, 3.63) is 0 Å². The molecule has 0 saturated carbocycles. The van der Waals surface area contributed by atoms with Crippen molar-refractivity contribution in [2.75, 3.05) is 0 Å². The molecule has 0 heterocycles. The molecule has 0 bridgehead atoms. The largest absolute Gasteiger partial charge is 3.00 e. The maximum Gasteiger partial charge on any atom is 3.00 e. The standard InChI is InChI=1S/Ba.5FH.Lu/h;5*1H;/q+2;;;;;;+3/p-5. The number of rotatable bonds is 0. The van der Waals surface area contributed by atoms with E-state index < -0.39 is 0 Å². The van der Waals surface area contributed by atoms with E-state index in [2.05, 4.69) is 0 Å². The summed E-state index contributed by atoms with van der Waals surface area (Å²) in [7, 11) is 0. The van der Waals surface area contributed by atoms with E-state index >= 15 is 0 Å². The summed E-state index contributed by atoms with van der Waals surface area (Å²) < 4.78 is 0. The van der Waals surface area contributed by atoms with Gasteiger partial charge in [-0.2, -0.15) is 0 Å². The Kier molecular flexibility index (Phi) is 1250. The van der Waals surface area contributed by atoms with Crippen LogP contribution >= 0.6 is 0 Å². The van der Waals surface area contributed by atoms with E-state index in [1.807, 2.05) is 0 Å². The second kappa shape index (κ2) is 78.0. The molecule has 0 unspecified atom stereocenters. The Bertz CT molecular complexity index is 8.04. The van der Waals surface area contributed by atoms with Gasteiger partial charge in [-0.3, -0.25) is 0 Å². The van der Waals surface area contributed by atoms with E-state index in [9.17, 15) is 0 Å². The zero-order valence-corrected chi connectivity index (χ0v) is 8.95. The summed E-state index contributed by atoms with van der Waals surface area (Å²) in [5.74, 6) is 0. The molecule has 0 atom stereocenters. The Morgan fingerprint density at radius 2 is 0.429 bits per heavy atom. The van der Waals surface area contributed by atoms with E-state index in [1.54, 1.807) is 0 Å². The van der Waals surface area contributed by atoms with Gasteiger partial charge >= 0.3 is 85.8 Å². The molecule has 0 radical (unpaired) electrons. The SMILES string of the molecule is [Ba+2].[F-].[F-].[F-].[F-].[F-].[Lu+3]. The van der Waals surface area contributed by atoms with Crippen LogP contribution in [0.15, 0.2) is 0 Å². The average Bonchev–Trinajstić information content (AvgIpc) is 0. The smallest absolute Gasteiger partial charge is 1.00 e. The summed E-state index contributed by atoms with van der Waals surface area (Å²) in [6.45, 7) is 0. The Hall–Kier alpha value is 2.46. The molecule has 0 nitrogen and oxygen atoms in total. The van der Waals surface area contributed by atoms with Gasteiger partial charge in [0.2, 0.25) is 0 Å². The molecule has 0 N–H and O–H groups in total. The van der Waals surface area contributed by atoms with Gasteiger partial charge < -0.3 is 23.5 Å². The first-order valence-corrected chi connectivity index (χ1v) is 0. The monoisotopic (exact) mass is 408 g/mol. The normalized spacial score (nSPS) is 0. The zero-order chi connectivity index (χ0) is 0. The quantitative estimate of drug-likeness (QED) is 0.277. The second-order valence-electron chi connectivity index (χ2n) is 0. The Morgan fingerprint density at radius 3 is 0.429 bits per heavy atom. The van der Waals surface area contributed by atoms with Crippen LogP contribution in [0.25, 0.3) is 0 Å². The van der Waals surface area contributed by atoms with Gasteiger partial charge in [0.15, 0.2) is 0 Å². The third-order valence-electron chi connectivity index (χ3n) is 0. The van der Waals surface area contributed by atoms with Crippen molar-refractivity contribution in [2.24, 2.45) is 0 Å². The molecule has 0 amide bonds. The first kappa shape index (κ1) is 112. The van der Waals surface area contributed by atoms with E-state index in [-0.39, 0.29) is 109 Å². The van der Waals surface area contributed by atoms with Gasteiger partial charge in [0.1, 0.15) is 0 Å². The van der Waals surface area contributed by atoms with E-state index in [1.165, 1.54) is 0 Å². The van der Waals surface area contributed by atoms with Gasteiger partial charge in [0.25, 0.3) is 0 Å². The van der Waals surface area contributed by atoms with E-state index in [0.29, 0.717) is 0 Å². The van der Waals surface area contributed by atoms with Gasteiger partial charge in [-0.15, -0.1) is 0 Å². The molecule has 0 aromatic carbocycles. The molecule has 52 valence electrons. The van der Waals surface area contributed by atoms with Gasteiger partial charge in [0, 0.05) is 0 Å². The minimum Gasteiger partial charge on any atom is -1.00 e. The molecular formula is BaF5Lu. The molecule has 0 aliphatic heterocycles. The number of halogens is 5. The van der Waals surface area contributed by atoms with Crippen molar-refractivity contribution in [1.29, 1.82) is 0 Å². The molecule has 0 rings (SSSR count). The van der Waals surface area contributed by atoms with Crippen molar-refractivity contribution < 1.29 is 60.4 Å². The summed E-state index contributed by atoms with van der Waals surface area (Å²) in [6, 6.07) is 0. The topological polar surface area (TPSA) is 0 Å². The van der Waals surface area contributed by atoms with Crippen molar-refractivity contribution in [3.8, 4) is 0 Å². The van der Waals surface area contributed by atoms with Crippen molar-refractivity contribution in [2.45, 2.75) is 0 Å². The predicted molar refractivity (Wildman–Crippen MR) is 5.75 cm³/mol. The molecule has 7 heteroatoms. The minimum atomic E-state index is 0. The fourth-order valence-corrected chi connectivity index (χ4v) is 0. The summed E-state index contributed by atoms with van der Waals surface area (Å²) in [5, 5.41) is 0. The van der Waals surface area contributed by atoms with Crippen LogP contribution in [0.2, 0.25) is 0 Å². The summed E-state index contributed by atoms with van der Waals surface area (Å²) >= 11 is 0. The second-order valence-corrected chi connectivity index (χ2v) is 0. The molecule has 0 aliphatic carbocycles. The fourth-order valence-electron chi connectivity index (χ4n) is 0. The van der Waals surface area contributed by atoms with Crippen molar-refractivity contribution in [3.63, 3.8) is 0 Å². The Labute approximate surface area is 107 Å². The van der Waals surface area contributed by atoms with E-state index in [4.69, 9.17) is 0 Å². The van der Waals surface area contributed by atoms with Crippen LogP contribution in [0.1, 0.15) is 0 Å². The van der Waals surface area contributed by atoms with Crippen LogP contribution in [0.5, 0.6) is 0 Å². The fraction of sp³-hybridized carbons (Fsp3) is 0. The molecule has 0 aliphatic rings. The van der Waals surface area contributed by atoms with Crippen LogP contribution in [-0.2, 0) is 0 Å². The van der Waals surface area contributed by atoms with E-state index in [0.717, 1.165) is 0 Å². The van der Waals surface area contributed by atoms with Gasteiger partial charge in [-0.05, 0) is 0 Å².